The number of nitrogens with one attached hydrogen (secondary N) is 1. The van der Waals surface area contributed by atoms with Crippen molar-refractivity contribution >= 4 is 34.4 Å². The molecule has 0 radical (unpaired) electrons. The fourth-order valence-electron chi connectivity index (χ4n) is 4.44. The highest BCUT2D eigenvalue weighted by Crippen LogP contribution is 2.39. The number of ketones is 1. The number of aromatic nitrogens is 1. The van der Waals surface area contributed by atoms with Gasteiger partial charge in [-0.15, -0.1) is 11.8 Å². The fraction of sp³-hybridized carbons (Fsp3) is 0.154. The van der Waals surface area contributed by atoms with E-state index in [0.29, 0.717) is 18.5 Å². The summed E-state index contributed by atoms with van der Waals surface area (Å²) in [6, 6.07) is 24.9. The lowest BCUT2D eigenvalue weighted by Crippen LogP contribution is -2.44. The molecule has 1 N–H and O–H groups in total. The van der Waals surface area contributed by atoms with Crippen LogP contribution in [0.2, 0.25) is 0 Å². The molecule has 0 aliphatic carbocycles. The van der Waals surface area contributed by atoms with Crippen LogP contribution in [-0.4, -0.2) is 34.4 Å². The molecule has 0 spiro atoms. The van der Waals surface area contributed by atoms with E-state index >= 15 is 0 Å². The van der Waals surface area contributed by atoms with Crippen LogP contribution in [0.1, 0.15) is 33.2 Å². The molecule has 0 fully saturated rings. The Labute approximate surface area is 185 Å². The topological polar surface area (TPSA) is 53.2 Å². The number of thioether (sulfide) groups is 1. The molecule has 5 rings (SSSR count). The van der Waals surface area contributed by atoms with Gasteiger partial charge in [0, 0.05) is 33.6 Å². The Bertz CT molecular complexity index is 1260. The molecular formula is C26H22N2O2S. The van der Waals surface area contributed by atoms with Gasteiger partial charge in [0.05, 0.1) is 6.04 Å². The van der Waals surface area contributed by atoms with Gasteiger partial charge in [0.15, 0.2) is 0 Å². The first-order chi connectivity index (χ1) is 15.2. The molecule has 4 nitrogen and oxygen atoms in total. The lowest BCUT2D eigenvalue weighted by molar-refractivity contribution is -0.128. The minimum absolute atomic E-state index is 0.327. The van der Waals surface area contributed by atoms with Crippen molar-refractivity contribution in [2.24, 2.45) is 0 Å². The highest BCUT2D eigenvalue weighted by atomic mass is 32.2. The minimum Gasteiger partial charge on any atom is -0.356 e. The maximum Gasteiger partial charge on any atom is 0.295 e. The molecule has 154 valence electrons. The zero-order valence-corrected chi connectivity index (χ0v) is 18.0. The minimum atomic E-state index is -0.467. The van der Waals surface area contributed by atoms with Crippen LogP contribution in [0.3, 0.4) is 0 Å². The van der Waals surface area contributed by atoms with Crippen molar-refractivity contribution in [2.45, 2.75) is 17.4 Å². The van der Waals surface area contributed by atoms with Crippen LogP contribution in [0.15, 0.2) is 83.8 Å². The van der Waals surface area contributed by atoms with Gasteiger partial charge in [-0.1, -0.05) is 60.7 Å². The molecule has 1 amide bonds. The number of aromatic amines is 1. The second kappa shape index (κ2) is 8.08. The predicted octanol–water partition coefficient (Wildman–Crippen LogP) is 5.25. The smallest absolute Gasteiger partial charge is 0.295 e. The van der Waals surface area contributed by atoms with Gasteiger partial charge in [-0.3, -0.25) is 9.59 Å². The summed E-state index contributed by atoms with van der Waals surface area (Å²) in [4.78, 5) is 32.8. The number of carbonyl (C=O) groups is 2. The molecule has 0 bridgehead atoms. The Morgan fingerprint density at radius 2 is 1.65 bits per heavy atom. The average molecular weight is 427 g/mol. The third-order valence-electron chi connectivity index (χ3n) is 5.96. The Hall–Kier alpha value is -3.31. The van der Waals surface area contributed by atoms with Gasteiger partial charge in [-0.05, 0) is 42.0 Å². The average Bonchev–Trinajstić information content (AvgIpc) is 3.22. The van der Waals surface area contributed by atoms with Crippen molar-refractivity contribution in [3.05, 3.63) is 101 Å². The van der Waals surface area contributed by atoms with E-state index in [-0.39, 0.29) is 6.04 Å². The number of carbonyl (C=O) groups excluding carboxylic acids is 2. The molecule has 1 aromatic heterocycles. The number of amides is 1. The molecule has 0 saturated carbocycles. The number of benzene rings is 3. The van der Waals surface area contributed by atoms with Crippen LogP contribution in [0.25, 0.3) is 10.9 Å². The van der Waals surface area contributed by atoms with Crippen LogP contribution < -0.4 is 0 Å². The second-order valence-corrected chi connectivity index (χ2v) is 8.56. The monoisotopic (exact) mass is 426 g/mol. The molecule has 31 heavy (non-hydrogen) atoms. The number of hydrogen-bond donors (Lipinski definition) is 1. The van der Waals surface area contributed by atoms with Crippen molar-refractivity contribution in [3.8, 4) is 0 Å². The lowest BCUT2D eigenvalue weighted by Gasteiger charge is -2.36. The van der Waals surface area contributed by atoms with Gasteiger partial charge >= 0.3 is 0 Å². The fourth-order valence-corrected chi connectivity index (χ4v) is 4.84. The van der Waals surface area contributed by atoms with Crippen LogP contribution in [0.5, 0.6) is 0 Å². The third kappa shape index (κ3) is 3.45. The molecule has 1 aliphatic rings. The zero-order valence-electron chi connectivity index (χ0n) is 17.2. The molecular weight excluding hydrogens is 404 g/mol. The summed E-state index contributed by atoms with van der Waals surface area (Å²) in [6.45, 7) is 0.501. The van der Waals surface area contributed by atoms with Gasteiger partial charge in [0.2, 0.25) is 5.78 Å². The maximum absolute atomic E-state index is 13.4. The first kappa shape index (κ1) is 19.6. The Morgan fingerprint density at radius 1 is 0.935 bits per heavy atom. The van der Waals surface area contributed by atoms with E-state index in [1.807, 2.05) is 24.5 Å². The Balaban J connectivity index is 1.61. The van der Waals surface area contributed by atoms with Gasteiger partial charge in [-0.2, -0.15) is 0 Å². The summed E-state index contributed by atoms with van der Waals surface area (Å²) in [5.41, 5.74) is 4.71. The normalized spacial score (nSPS) is 15.6. The summed E-state index contributed by atoms with van der Waals surface area (Å²) in [7, 11) is 0. The van der Waals surface area contributed by atoms with Crippen molar-refractivity contribution in [1.29, 1.82) is 0 Å². The molecule has 2 heterocycles. The van der Waals surface area contributed by atoms with E-state index in [9.17, 15) is 9.59 Å². The summed E-state index contributed by atoms with van der Waals surface area (Å²) >= 11 is 1.68. The van der Waals surface area contributed by atoms with Crippen LogP contribution in [0, 0.1) is 0 Å². The summed E-state index contributed by atoms with van der Waals surface area (Å²) in [5, 5.41) is 1.18. The van der Waals surface area contributed by atoms with Gasteiger partial charge in [0.25, 0.3) is 5.91 Å². The van der Waals surface area contributed by atoms with E-state index in [4.69, 9.17) is 0 Å². The zero-order chi connectivity index (χ0) is 21.4. The summed E-state index contributed by atoms with van der Waals surface area (Å²) < 4.78 is 0. The maximum atomic E-state index is 13.4. The lowest BCUT2D eigenvalue weighted by atomic mass is 9.91. The van der Waals surface area contributed by atoms with Crippen LogP contribution >= 0.6 is 11.8 Å². The highest BCUT2D eigenvalue weighted by molar-refractivity contribution is 7.98. The first-order valence-electron chi connectivity index (χ1n) is 10.3. The van der Waals surface area contributed by atoms with Crippen LogP contribution in [-0.2, 0) is 11.2 Å². The van der Waals surface area contributed by atoms with E-state index < -0.39 is 11.7 Å². The summed E-state index contributed by atoms with van der Waals surface area (Å²) in [5.74, 6) is -0.930. The predicted molar refractivity (Wildman–Crippen MR) is 125 cm³/mol. The highest BCUT2D eigenvalue weighted by Gasteiger charge is 2.37. The number of nitrogens with zero attached hydrogens (tertiary/aromatic N) is 1. The molecule has 4 aromatic rings. The molecule has 1 aliphatic heterocycles. The first-order valence-corrected chi connectivity index (χ1v) is 11.5. The standard InChI is InChI=1S/C26H22N2O2S/c1-31-19-13-11-17(12-14-19)24-23-21(20-9-5-6-10-22(20)27-23)15-16-28(24)26(30)25(29)18-7-3-2-4-8-18/h2-14,24,27H,15-16H2,1H3/t24-/m0/s1. The largest absolute Gasteiger partial charge is 0.356 e. The molecule has 0 unspecified atom stereocenters. The van der Waals surface area contributed by atoms with E-state index in [1.165, 1.54) is 10.9 Å². The van der Waals surface area contributed by atoms with Crippen molar-refractivity contribution < 1.29 is 9.59 Å². The number of hydrogen-bond acceptors (Lipinski definition) is 3. The number of rotatable bonds is 4. The Morgan fingerprint density at radius 3 is 2.39 bits per heavy atom. The molecule has 5 heteroatoms. The molecule has 1 atom stereocenters. The van der Waals surface area contributed by atoms with E-state index in [1.54, 1.807) is 40.9 Å². The van der Waals surface area contributed by atoms with E-state index in [0.717, 1.165) is 21.7 Å². The Kier molecular flexibility index (Phi) is 5.12. The SMILES string of the molecule is CSc1ccc([C@H]2c3[nH]c4ccccc4c3CCN2C(=O)C(=O)c2ccccc2)cc1. The van der Waals surface area contributed by atoms with E-state index in [2.05, 4.69) is 41.4 Å². The van der Waals surface area contributed by atoms with Crippen molar-refractivity contribution in [3.63, 3.8) is 0 Å². The number of Topliss-reactive ketones (excluding diaryl/α,β-unsaturated/α-hetero) is 1. The van der Waals surface area contributed by atoms with Gasteiger partial charge in [-0.25, -0.2) is 0 Å². The number of H-pyrrole nitrogens is 1. The second-order valence-electron chi connectivity index (χ2n) is 7.68. The van der Waals surface area contributed by atoms with Gasteiger partial charge in [0.1, 0.15) is 0 Å². The molecule has 3 aromatic carbocycles. The van der Waals surface area contributed by atoms with Gasteiger partial charge < -0.3 is 9.88 Å². The number of fused-ring (bicyclic) bond motifs is 3. The van der Waals surface area contributed by atoms with Crippen molar-refractivity contribution in [2.75, 3.05) is 12.8 Å². The number of para-hydroxylation sites is 1. The third-order valence-corrected chi connectivity index (χ3v) is 6.70. The summed E-state index contributed by atoms with van der Waals surface area (Å²) in [6.07, 6.45) is 2.76. The van der Waals surface area contributed by atoms with Crippen molar-refractivity contribution in [1.82, 2.24) is 9.88 Å². The quantitative estimate of drug-likeness (QED) is 0.276. The van der Waals surface area contributed by atoms with Crippen LogP contribution in [0.4, 0.5) is 0 Å². The molecule has 0 saturated heterocycles.